The Bertz CT molecular complexity index is 1160. The summed E-state index contributed by atoms with van der Waals surface area (Å²) in [6.45, 7) is 5.92. The van der Waals surface area contributed by atoms with Crippen molar-refractivity contribution in [1.82, 2.24) is 0 Å². The molecule has 0 unspecified atom stereocenters. The van der Waals surface area contributed by atoms with Gasteiger partial charge in [-0.2, -0.15) is 0 Å². The van der Waals surface area contributed by atoms with Crippen LogP contribution in [0.15, 0.2) is 50.2 Å². The Kier molecular flexibility index (Phi) is 3.95. The van der Waals surface area contributed by atoms with Crippen molar-refractivity contribution in [3.05, 3.63) is 67.3 Å². The highest BCUT2D eigenvalue weighted by Crippen LogP contribution is 2.37. The van der Waals surface area contributed by atoms with Crippen LogP contribution in [0.25, 0.3) is 33.1 Å². The number of aryl methyl sites for hydroxylation is 2. The normalized spacial score (nSPS) is 11.5. The Morgan fingerprint density at radius 3 is 2.40 bits per heavy atom. The molecular weight excluding hydrogens is 427 g/mol. The minimum Gasteiger partial charge on any atom is -0.463 e. The maximum Gasteiger partial charge on any atom is 0.339 e. The second-order valence-electron chi connectivity index (χ2n) is 6.26. The molecule has 0 atom stereocenters. The predicted molar refractivity (Wildman–Crippen MR) is 109 cm³/mol. The molecule has 0 fully saturated rings. The molecule has 0 saturated heterocycles. The number of hydrogen-bond acceptors (Lipinski definition) is 3. The van der Waals surface area contributed by atoms with Crippen LogP contribution in [-0.2, 0) is 6.42 Å². The highest BCUT2D eigenvalue weighted by atomic mass is 127. The van der Waals surface area contributed by atoms with Gasteiger partial charge < -0.3 is 8.83 Å². The van der Waals surface area contributed by atoms with Gasteiger partial charge in [-0.1, -0.05) is 19.1 Å². The second kappa shape index (κ2) is 6.02. The summed E-state index contributed by atoms with van der Waals surface area (Å²) >= 11 is 2.30. The number of fused-ring (bicyclic) bond motifs is 2. The summed E-state index contributed by atoms with van der Waals surface area (Å²) in [6.07, 6.45) is 2.45. The van der Waals surface area contributed by atoms with E-state index in [1.54, 1.807) is 6.26 Å². The Balaban J connectivity index is 2.10. The van der Waals surface area contributed by atoms with Gasteiger partial charge in [-0.25, -0.2) is 4.79 Å². The summed E-state index contributed by atoms with van der Waals surface area (Å²) in [5, 5.41) is 2.03. The number of benzene rings is 2. The lowest BCUT2D eigenvalue weighted by Gasteiger charge is -2.09. The second-order valence-corrected chi connectivity index (χ2v) is 7.50. The fraction of sp³-hybridized carbons (Fsp3) is 0.190. The van der Waals surface area contributed by atoms with Gasteiger partial charge in [0, 0.05) is 31.0 Å². The van der Waals surface area contributed by atoms with Crippen LogP contribution in [0.4, 0.5) is 0 Å². The average Bonchev–Trinajstić information content (AvgIpc) is 3.02. The SMILES string of the molecule is CCc1c(C)c2cc3c(-c4ccc(I)cc4)coc3c(C)c2oc1=O. The van der Waals surface area contributed by atoms with Crippen LogP contribution in [0.1, 0.15) is 23.6 Å². The zero-order chi connectivity index (χ0) is 17.7. The van der Waals surface area contributed by atoms with Gasteiger partial charge in [0.2, 0.25) is 0 Å². The van der Waals surface area contributed by atoms with Crippen molar-refractivity contribution in [2.75, 3.05) is 0 Å². The third kappa shape index (κ3) is 2.51. The van der Waals surface area contributed by atoms with Crippen molar-refractivity contribution in [3.8, 4) is 11.1 Å². The Hall–Kier alpha value is -2.08. The maximum atomic E-state index is 12.2. The molecule has 2 aromatic carbocycles. The van der Waals surface area contributed by atoms with E-state index in [0.717, 1.165) is 44.2 Å². The smallest absolute Gasteiger partial charge is 0.339 e. The molecule has 0 bridgehead atoms. The van der Waals surface area contributed by atoms with E-state index in [4.69, 9.17) is 8.83 Å². The van der Waals surface area contributed by atoms with E-state index in [2.05, 4.69) is 52.9 Å². The largest absolute Gasteiger partial charge is 0.463 e. The monoisotopic (exact) mass is 444 g/mol. The molecule has 0 aliphatic rings. The van der Waals surface area contributed by atoms with E-state index in [-0.39, 0.29) is 5.63 Å². The minimum absolute atomic E-state index is 0.251. The van der Waals surface area contributed by atoms with Crippen LogP contribution in [0.3, 0.4) is 0 Å². The molecule has 2 heterocycles. The van der Waals surface area contributed by atoms with Gasteiger partial charge in [-0.15, -0.1) is 0 Å². The zero-order valence-corrected chi connectivity index (χ0v) is 16.4. The van der Waals surface area contributed by atoms with Crippen molar-refractivity contribution in [2.45, 2.75) is 27.2 Å². The number of hydrogen-bond donors (Lipinski definition) is 0. The molecule has 4 rings (SSSR count). The van der Waals surface area contributed by atoms with E-state index in [0.29, 0.717) is 12.0 Å². The van der Waals surface area contributed by atoms with Gasteiger partial charge in [0.1, 0.15) is 11.2 Å². The number of furan rings is 1. The van der Waals surface area contributed by atoms with E-state index in [1.807, 2.05) is 20.8 Å². The minimum atomic E-state index is -0.251. The standard InChI is InChI=1S/C21H17IO3/c1-4-15-11(2)16-9-17-18(13-5-7-14(22)8-6-13)10-24-19(17)12(3)20(16)25-21(15)23/h5-10H,4H2,1-3H3. The predicted octanol–water partition coefficient (Wildman–Crippen LogP) is 5.99. The average molecular weight is 444 g/mol. The fourth-order valence-electron chi connectivity index (χ4n) is 3.46. The molecule has 0 spiro atoms. The van der Waals surface area contributed by atoms with Crippen LogP contribution in [0, 0.1) is 17.4 Å². The molecule has 0 radical (unpaired) electrons. The van der Waals surface area contributed by atoms with Gasteiger partial charge in [-0.05, 0) is 72.2 Å². The molecule has 0 saturated carbocycles. The van der Waals surface area contributed by atoms with Gasteiger partial charge in [0.05, 0.1) is 6.26 Å². The number of halogens is 1. The third-order valence-electron chi connectivity index (χ3n) is 4.85. The molecule has 0 aliphatic heterocycles. The van der Waals surface area contributed by atoms with E-state index < -0.39 is 0 Å². The van der Waals surface area contributed by atoms with Gasteiger partial charge in [0.25, 0.3) is 0 Å². The van der Waals surface area contributed by atoms with Gasteiger partial charge in [0.15, 0.2) is 0 Å². The van der Waals surface area contributed by atoms with E-state index in [1.165, 1.54) is 3.57 Å². The topological polar surface area (TPSA) is 43.4 Å². The van der Waals surface area contributed by atoms with Gasteiger partial charge >= 0.3 is 5.63 Å². The summed E-state index contributed by atoms with van der Waals surface area (Å²) in [6, 6.07) is 10.5. The first-order chi connectivity index (χ1) is 12.0. The molecular formula is C21H17IO3. The zero-order valence-electron chi connectivity index (χ0n) is 14.3. The van der Waals surface area contributed by atoms with Crippen molar-refractivity contribution >= 4 is 44.5 Å². The van der Waals surface area contributed by atoms with Gasteiger partial charge in [-0.3, -0.25) is 0 Å². The van der Waals surface area contributed by atoms with Crippen molar-refractivity contribution in [2.24, 2.45) is 0 Å². The molecule has 0 aliphatic carbocycles. The third-order valence-corrected chi connectivity index (χ3v) is 5.57. The molecule has 4 heteroatoms. The van der Waals surface area contributed by atoms with Crippen LogP contribution < -0.4 is 5.63 Å². The Labute approximate surface area is 158 Å². The lowest BCUT2D eigenvalue weighted by molar-refractivity contribution is 0.546. The molecule has 0 amide bonds. The van der Waals surface area contributed by atoms with Crippen LogP contribution >= 0.6 is 22.6 Å². The molecule has 126 valence electrons. The van der Waals surface area contributed by atoms with E-state index in [9.17, 15) is 4.79 Å². The van der Waals surface area contributed by atoms with Crippen LogP contribution in [0.2, 0.25) is 0 Å². The summed E-state index contributed by atoms with van der Waals surface area (Å²) in [7, 11) is 0. The lowest BCUT2D eigenvalue weighted by Crippen LogP contribution is -2.09. The first-order valence-corrected chi connectivity index (χ1v) is 9.32. The van der Waals surface area contributed by atoms with Crippen molar-refractivity contribution < 1.29 is 8.83 Å². The quantitative estimate of drug-likeness (QED) is 0.282. The molecule has 2 aromatic heterocycles. The van der Waals surface area contributed by atoms with Crippen LogP contribution in [0.5, 0.6) is 0 Å². The summed E-state index contributed by atoms with van der Waals surface area (Å²) in [4.78, 5) is 12.2. The molecule has 3 nitrogen and oxygen atoms in total. The molecule has 25 heavy (non-hydrogen) atoms. The summed E-state index contributed by atoms with van der Waals surface area (Å²) in [5.74, 6) is 0. The first kappa shape index (κ1) is 16.4. The Morgan fingerprint density at radius 1 is 1.00 bits per heavy atom. The Morgan fingerprint density at radius 2 is 1.72 bits per heavy atom. The van der Waals surface area contributed by atoms with Crippen molar-refractivity contribution in [3.63, 3.8) is 0 Å². The van der Waals surface area contributed by atoms with Crippen LogP contribution in [-0.4, -0.2) is 0 Å². The first-order valence-electron chi connectivity index (χ1n) is 8.24. The number of rotatable bonds is 2. The maximum absolute atomic E-state index is 12.2. The van der Waals surface area contributed by atoms with Crippen molar-refractivity contribution in [1.29, 1.82) is 0 Å². The summed E-state index contributed by atoms with van der Waals surface area (Å²) in [5.41, 5.74) is 5.91. The fourth-order valence-corrected chi connectivity index (χ4v) is 3.82. The highest BCUT2D eigenvalue weighted by molar-refractivity contribution is 14.1. The highest BCUT2D eigenvalue weighted by Gasteiger charge is 2.18. The van der Waals surface area contributed by atoms with E-state index >= 15 is 0 Å². The molecule has 4 aromatic rings. The molecule has 0 N–H and O–H groups in total. The summed E-state index contributed by atoms with van der Waals surface area (Å²) < 4.78 is 12.7. The lowest BCUT2D eigenvalue weighted by atomic mass is 9.97.